The van der Waals surface area contributed by atoms with E-state index >= 15 is 0 Å². The van der Waals surface area contributed by atoms with Crippen molar-refractivity contribution in [3.63, 3.8) is 0 Å². The van der Waals surface area contributed by atoms with Crippen LogP contribution in [-0.2, 0) is 6.42 Å². The van der Waals surface area contributed by atoms with Crippen LogP contribution in [0.15, 0.2) is 36.5 Å². The summed E-state index contributed by atoms with van der Waals surface area (Å²) in [7, 11) is 1.44. The Kier molecular flexibility index (Phi) is 5.04. The molecule has 0 spiro atoms. The number of nitriles is 1. The molecule has 1 amide bonds. The minimum absolute atomic E-state index is 0.0846. The molecule has 3 aromatic rings. The van der Waals surface area contributed by atoms with Crippen LogP contribution < -0.4 is 10.1 Å². The number of rotatable bonds is 4. The van der Waals surface area contributed by atoms with Gasteiger partial charge in [0, 0.05) is 30.3 Å². The minimum atomic E-state index is -0.651. The van der Waals surface area contributed by atoms with Crippen LogP contribution >= 0.6 is 0 Å². The van der Waals surface area contributed by atoms with Gasteiger partial charge in [0.05, 0.1) is 22.7 Å². The normalized spacial score (nSPS) is 10.5. The second kappa shape index (κ2) is 7.42. The zero-order valence-corrected chi connectivity index (χ0v) is 15.3. The van der Waals surface area contributed by atoms with E-state index in [1.54, 1.807) is 6.07 Å². The first-order valence-electron chi connectivity index (χ1n) is 8.50. The van der Waals surface area contributed by atoms with E-state index < -0.39 is 11.7 Å². The third-order valence-corrected chi connectivity index (χ3v) is 4.48. The van der Waals surface area contributed by atoms with Crippen LogP contribution in [0, 0.1) is 24.1 Å². The lowest BCUT2D eigenvalue weighted by Crippen LogP contribution is -2.19. The van der Waals surface area contributed by atoms with E-state index in [0.717, 1.165) is 17.5 Å². The number of amides is 1. The summed E-state index contributed by atoms with van der Waals surface area (Å²) in [5.41, 5.74) is 2.56. The molecule has 0 saturated carbocycles. The highest BCUT2D eigenvalue weighted by Crippen LogP contribution is 2.33. The molecular formula is C21H18FN3O2. The number of carbonyl (C=O) groups excluding carboxylic acids is 1. The van der Waals surface area contributed by atoms with Crippen molar-refractivity contribution in [1.29, 1.82) is 5.26 Å². The molecule has 1 heterocycles. The van der Waals surface area contributed by atoms with E-state index in [2.05, 4.69) is 16.4 Å². The SMILES string of the molecule is CCc1ccc(Oc2ccnc3cc(F)c(C(=O)NC)cc23)c(C)c1C#N. The molecule has 0 aliphatic carbocycles. The third kappa shape index (κ3) is 3.32. The Balaban J connectivity index is 2.13. The largest absolute Gasteiger partial charge is 0.456 e. The van der Waals surface area contributed by atoms with Gasteiger partial charge in [0.15, 0.2) is 0 Å². The predicted molar refractivity (Wildman–Crippen MR) is 100 cm³/mol. The van der Waals surface area contributed by atoms with Gasteiger partial charge in [-0.2, -0.15) is 5.26 Å². The molecule has 0 atom stereocenters. The van der Waals surface area contributed by atoms with Crippen molar-refractivity contribution < 1.29 is 13.9 Å². The minimum Gasteiger partial charge on any atom is -0.456 e. The number of nitrogens with zero attached hydrogens (tertiary/aromatic N) is 2. The van der Waals surface area contributed by atoms with Crippen LogP contribution in [0.5, 0.6) is 11.5 Å². The molecule has 0 radical (unpaired) electrons. The van der Waals surface area contributed by atoms with Crippen molar-refractivity contribution in [2.24, 2.45) is 0 Å². The Morgan fingerprint density at radius 3 is 2.74 bits per heavy atom. The molecule has 0 unspecified atom stereocenters. The van der Waals surface area contributed by atoms with Crippen molar-refractivity contribution in [1.82, 2.24) is 10.3 Å². The molecular weight excluding hydrogens is 345 g/mol. The smallest absolute Gasteiger partial charge is 0.254 e. The molecule has 136 valence electrons. The van der Waals surface area contributed by atoms with Gasteiger partial charge in [-0.15, -0.1) is 0 Å². The lowest BCUT2D eigenvalue weighted by molar-refractivity contribution is 0.0959. The summed E-state index contributed by atoms with van der Waals surface area (Å²) >= 11 is 0. The second-order valence-electron chi connectivity index (χ2n) is 6.03. The highest BCUT2D eigenvalue weighted by atomic mass is 19.1. The van der Waals surface area contributed by atoms with E-state index in [9.17, 15) is 14.4 Å². The maximum atomic E-state index is 14.2. The van der Waals surface area contributed by atoms with Gasteiger partial charge in [-0.3, -0.25) is 9.78 Å². The van der Waals surface area contributed by atoms with Crippen LogP contribution in [0.2, 0.25) is 0 Å². The number of aromatic nitrogens is 1. The summed E-state index contributed by atoms with van der Waals surface area (Å²) in [5.74, 6) is -0.218. The number of benzene rings is 2. The summed E-state index contributed by atoms with van der Waals surface area (Å²) in [6.07, 6.45) is 2.26. The lowest BCUT2D eigenvalue weighted by atomic mass is 10.0. The number of hydrogen-bond acceptors (Lipinski definition) is 4. The molecule has 6 heteroatoms. The summed E-state index contributed by atoms with van der Waals surface area (Å²) in [6.45, 7) is 3.81. The van der Waals surface area contributed by atoms with E-state index in [0.29, 0.717) is 28.0 Å². The molecule has 2 aromatic carbocycles. The van der Waals surface area contributed by atoms with Crippen LogP contribution in [0.3, 0.4) is 0 Å². The van der Waals surface area contributed by atoms with E-state index in [4.69, 9.17) is 4.74 Å². The zero-order valence-electron chi connectivity index (χ0n) is 15.3. The first-order valence-corrected chi connectivity index (χ1v) is 8.50. The van der Waals surface area contributed by atoms with Gasteiger partial charge in [0.25, 0.3) is 5.91 Å². The van der Waals surface area contributed by atoms with Crippen molar-refractivity contribution >= 4 is 16.8 Å². The molecule has 5 nitrogen and oxygen atoms in total. The Bertz CT molecular complexity index is 1090. The standard InChI is InChI=1S/C21H18FN3O2/c1-4-13-5-6-19(12(2)16(13)11-23)27-20-7-8-25-18-10-17(22)14(9-15(18)20)21(26)24-3/h5-10H,4H2,1-3H3,(H,24,26). The van der Waals surface area contributed by atoms with Gasteiger partial charge < -0.3 is 10.1 Å². The van der Waals surface area contributed by atoms with Crippen LogP contribution in [-0.4, -0.2) is 17.9 Å². The Morgan fingerprint density at radius 2 is 2.07 bits per heavy atom. The van der Waals surface area contributed by atoms with Crippen LogP contribution in [0.25, 0.3) is 10.9 Å². The average molecular weight is 363 g/mol. The van der Waals surface area contributed by atoms with Gasteiger partial charge in [0.1, 0.15) is 17.3 Å². The monoisotopic (exact) mass is 363 g/mol. The van der Waals surface area contributed by atoms with Crippen molar-refractivity contribution in [3.8, 4) is 17.6 Å². The number of nitrogens with one attached hydrogen (secondary N) is 1. The van der Waals surface area contributed by atoms with E-state index in [-0.39, 0.29) is 5.56 Å². The second-order valence-corrected chi connectivity index (χ2v) is 6.03. The van der Waals surface area contributed by atoms with E-state index in [1.807, 2.05) is 26.0 Å². The van der Waals surface area contributed by atoms with Gasteiger partial charge in [-0.1, -0.05) is 13.0 Å². The van der Waals surface area contributed by atoms with E-state index in [1.165, 1.54) is 25.4 Å². The van der Waals surface area contributed by atoms with Crippen molar-refractivity contribution in [3.05, 3.63) is 64.6 Å². The lowest BCUT2D eigenvalue weighted by Gasteiger charge is -2.14. The highest BCUT2D eigenvalue weighted by molar-refractivity contribution is 5.99. The van der Waals surface area contributed by atoms with Gasteiger partial charge in [-0.05, 0) is 37.1 Å². The third-order valence-electron chi connectivity index (χ3n) is 4.48. The molecule has 3 rings (SSSR count). The van der Waals surface area contributed by atoms with Gasteiger partial charge >= 0.3 is 0 Å². The van der Waals surface area contributed by atoms with Gasteiger partial charge in [0.2, 0.25) is 0 Å². The number of fused-ring (bicyclic) bond motifs is 1. The molecule has 27 heavy (non-hydrogen) atoms. The molecule has 0 saturated heterocycles. The molecule has 1 aromatic heterocycles. The van der Waals surface area contributed by atoms with Gasteiger partial charge in [-0.25, -0.2) is 4.39 Å². The average Bonchev–Trinajstić information content (AvgIpc) is 2.68. The number of aryl methyl sites for hydroxylation is 1. The summed E-state index contributed by atoms with van der Waals surface area (Å²) < 4.78 is 20.2. The summed E-state index contributed by atoms with van der Waals surface area (Å²) in [5, 5.41) is 12.4. The maximum absolute atomic E-state index is 14.2. The zero-order chi connectivity index (χ0) is 19.6. The summed E-state index contributed by atoms with van der Waals surface area (Å²) in [6, 6.07) is 10.2. The first kappa shape index (κ1) is 18.3. The Hall–Kier alpha value is -3.46. The first-order chi connectivity index (χ1) is 13.0. The molecule has 0 aliphatic rings. The molecule has 0 aliphatic heterocycles. The fourth-order valence-corrected chi connectivity index (χ4v) is 2.97. The number of carbonyl (C=O) groups is 1. The molecule has 0 bridgehead atoms. The quantitative estimate of drug-likeness (QED) is 0.751. The van der Waals surface area contributed by atoms with Crippen molar-refractivity contribution in [2.45, 2.75) is 20.3 Å². The fraction of sp³-hybridized carbons (Fsp3) is 0.190. The number of pyridine rings is 1. The Labute approximate surface area is 156 Å². The number of ether oxygens (including phenoxy) is 1. The van der Waals surface area contributed by atoms with Crippen LogP contribution in [0.1, 0.15) is 34.0 Å². The van der Waals surface area contributed by atoms with Crippen LogP contribution in [0.4, 0.5) is 4.39 Å². The number of hydrogen-bond donors (Lipinski definition) is 1. The number of halogens is 1. The fourth-order valence-electron chi connectivity index (χ4n) is 2.97. The van der Waals surface area contributed by atoms with Crippen molar-refractivity contribution in [2.75, 3.05) is 7.05 Å². The molecule has 1 N–H and O–H groups in total. The molecule has 0 fully saturated rings. The highest BCUT2D eigenvalue weighted by Gasteiger charge is 2.16. The summed E-state index contributed by atoms with van der Waals surface area (Å²) in [4.78, 5) is 16.1. The Morgan fingerprint density at radius 1 is 1.30 bits per heavy atom. The topological polar surface area (TPSA) is 75.0 Å². The maximum Gasteiger partial charge on any atom is 0.254 e. The predicted octanol–water partition coefficient (Wildman–Crippen LogP) is 4.27.